The molecule has 0 radical (unpaired) electrons. The number of rotatable bonds is 7. The molecular formula is C16H24N4O. The molecular weight excluding hydrogens is 264 g/mol. The first-order valence-corrected chi connectivity index (χ1v) is 7.37. The normalized spacial score (nSPS) is 11.3. The number of ether oxygens (including phenoxy) is 1. The molecule has 2 aromatic rings. The summed E-state index contributed by atoms with van der Waals surface area (Å²) in [6, 6.07) is 8.12. The van der Waals surface area contributed by atoms with E-state index in [1.165, 1.54) is 0 Å². The Labute approximate surface area is 126 Å². The SMILES string of the molecule is CC(C)Nc1nc2ccccc2nc1OCCCN(C)C. The number of fused-ring (bicyclic) bond motifs is 1. The maximum atomic E-state index is 5.83. The maximum absolute atomic E-state index is 5.83. The molecule has 1 aromatic heterocycles. The van der Waals surface area contributed by atoms with Crippen LogP contribution in [0.15, 0.2) is 24.3 Å². The van der Waals surface area contributed by atoms with Crippen LogP contribution in [0.3, 0.4) is 0 Å². The summed E-state index contributed by atoms with van der Waals surface area (Å²) >= 11 is 0. The summed E-state index contributed by atoms with van der Waals surface area (Å²) in [7, 11) is 4.11. The summed E-state index contributed by atoms with van der Waals surface area (Å²) in [6.45, 7) is 5.78. The number of anilines is 1. The Hall–Kier alpha value is -1.88. The number of benzene rings is 1. The minimum absolute atomic E-state index is 0.282. The zero-order valence-electron chi connectivity index (χ0n) is 13.3. The Morgan fingerprint density at radius 3 is 2.43 bits per heavy atom. The molecule has 114 valence electrons. The van der Waals surface area contributed by atoms with Crippen LogP contribution in [0.1, 0.15) is 20.3 Å². The van der Waals surface area contributed by atoms with Crippen LogP contribution in [0.25, 0.3) is 11.0 Å². The van der Waals surface area contributed by atoms with Crippen LogP contribution in [-0.2, 0) is 0 Å². The first kappa shape index (κ1) is 15.5. The zero-order chi connectivity index (χ0) is 15.2. The largest absolute Gasteiger partial charge is 0.475 e. The number of hydrogen-bond acceptors (Lipinski definition) is 5. The number of hydrogen-bond donors (Lipinski definition) is 1. The third-order valence-electron chi connectivity index (χ3n) is 2.95. The molecule has 0 saturated carbocycles. The van der Waals surface area contributed by atoms with E-state index in [1.54, 1.807) is 0 Å². The van der Waals surface area contributed by atoms with Gasteiger partial charge in [0.25, 0.3) is 5.88 Å². The van der Waals surface area contributed by atoms with Gasteiger partial charge in [0.05, 0.1) is 17.6 Å². The highest BCUT2D eigenvalue weighted by Crippen LogP contribution is 2.24. The van der Waals surface area contributed by atoms with Crippen LogP contribution in [0.5, 0.6) is 5.88 Å². The maximum Gasteiger partial charge on any atom is 0.258 e. The van der Waals surface area contributed by atoms with Crippen LogP contribution in [0, 0.1) is 0 Å². The van der Waals surface area contributed by atoms with E-state index in [4.69, 9.17) is 4.74 Å². The Balaban J connectivity index is 2.17. The number of nitrogens with one attached hydrogen (secondary N) is 1. The van der Waals surface area contributed by atoms with Gasteiger partial charge in [-0.1, -0.05) is 12.1 Å². The Morgan fingerprint density at radius 2 is 1.81 bits per heavy atom. The van der Waals surface area contributed by atoms with Crippen molar-refractivity contribution >= 4 is 16.9 Å². The lowest BCUT2D eigenvalue weighted by Gasteiger charge is -2.15. The van der Waals surface area contributed by atoms with E-state index in [-0.39, 0.29) is 6.04 Å². The molecule has 0 bridgehead atoms. The lowest BCUT2D eigenvalue weighted by Crippen LogP contribution is -2.17. The van der Waals surface area contributed by atoms with Crippen molar-refractivity contribution in [3.05, 3.63) is 24.3 Å². The van der Waals surface area contributed by atoms with E-state index in [1.807, 2.05) is 24.3 Å². The molecule has 5 heteroatoms. The van der Waals surface area contributed by atoms with Gasteiger partial charge in [0.1, 0.15) is 0 Å². The molecule has 0 spiro atoms. The molecule has 21 heavy (non-hydrogen) atoms. The van der Waals surface area contributed by atoms with Crippen molar-refractivity contribution in [1.82, 2.24) is 14.9 Å². The van der Waals surface area contributed by atoms with Crippen molar-refractivity contribution in [3.63, 3.8) is 0 Å². The summed E-state index contributed by atoms with van der Waals surface area (Å²) in [5, 5.41) is 3.31. The van der Waals surface area contributed by atoms with Crippen molar-refractivity contribution in [2.45, 2.75) is 26.3 Å². The van der Waals surface area contributed by atoms with Gasteiger partial charge in [-0.05, 0) is 46.5 Å². The van der Waals surface area contributed by atoms with E-state index in [2.05, 4.69) is 48.1 Å². The standard InChI is InChI=1S/C16H24N4O/c1-12(2)17-15-16(21-11-7-10-20(3)4)19-14-9-6-5-8-13(14)18-15/h5-6,8-9,12H,7,10-11H2,1-4H3,(H,17,18). The van der Waals surface area contributed by atoms with Gasteiger partial charge in [-0.2, -0.15) is 0 Å². The third-order valence-corrected chi connectivity index (χ3v) is 2.95. The highest BCUT2D eigenvalue weighted by atomic mass is 16.5. The van der Waals surface area contributed by atoms with Crippen LogP contribution in [0.2, 0.25) is 0 Å². The molecule has 0 aliphatic heterocycles. The van der Waals surface area contributed by atoms with E-state index < -0.39 is 0 Å². The molecule has 2 rings (SSSR count). The molecule has 0 amide bonds. The van der Waals surface area contributed by atoms with Gasteiger partial charge in [-0.15, -0.1) is 0 Å². The predicted octanol–water partition coefficient (Wildman–Crippen LogP) is 2.78. The smallest absolute Gasteiger partial charge is 0.258 e. The monoisotopic (exact) mass is 288 g/mol. The van der Waals surface area contributed by atoms with Crippen LogP contribution < -0.4 is 10.1 Å². The number of para-hydroxylation sites is 2. The molecule has 0 aliphatic rings. The number of aromatic nitrogens is 2. The van der Waals surface area contributed by atoms with E-state index >= 15 is 0 Å². The quantitative estimate of drug-likeness (QED) is 0.794. The minimum Gasteiger partial charge on any atom is -0.475 e. The molecule has 1 heterocycles. The van der Waals surface area contributed by atoms with Gasteiger partial charge in [0, 0.05) is 12.6 Å². The minimum atomic E-state index is 0.282. The number of nitrogens with zero attached hydrogens (tertiary/aromatic N) is 3. The lowest BCUT2D eigenvalue weighted by molar-refractivity contribution is 0.274. The molecule has 0 unspecified atom stereocenters. The van der Waals surface area contributed by atoms with Crippen LogP contribution >= 0.6 is 0 Å². The second-order valence-corrected chi connectivity index (χ2v) is 5.67. The molecule has 0 aliphatic carbocycles. The van der Waals surface area contributed by atoms with Crippen molar-refractivity contribution in [3.8, 4) is 5.88 Å². The summed E-state index contributed by atoms with van der Waals surface area (Å²) in [4.78, 5) is 11.3. The van der Waals surface area contributed by atoms with Gasteiger partial charge in [-0.25, -0.2) is 9.97 Å². The van der Waals surface area contributed by atoms with Crippen molar-refractivity contribution in [1.29, 1.82) is 0 Å². The van der Waals surface area contributed by atoms with Gasteiger partial charge in [0.15, 0.2) is 5.82 Å². The predicted molar refractivity (Wildman–Crippen MR) is 87.0 cm³/mol. The summed E-state index contributed by atoms with van der Waals surface area (Å²) in [6.07, 6.45) is 0.961. The second kappa shape index (κ2) is 7.22. The summed E-state index contributed by atoms with van der Waals surface area (Å²) in [5.41, 5.74) is 1.73. The fraction of sp³-hybridized carbons (Fsp3) is 0.500. The van der Waals surface area contributed by atoms with Crippen molar-refractivity contribution in [2.24, 2.45) is 0 Å². The molecule has 5 nitrogen and oxygen atoms in total. The van der Waals surface area contributed by atoms with Crippen molar-refractivity contribution < 1.29 is 4.74 Å². The van der Waals surface area contributed by atoms with Crippen LogP contribution in [-0.4, -0.2) is 48.2 Å². The van der Waals surface area contributed by atoms with Gasteiger partial charge < -0.3 is 15.0 Å². The summed E-state index contributed by atoms with van der Waals surface area (Å²) < 4.78 is 5.83. The second-order valence-electron chi connectivity index (χ2n) is 5.67. The molecule has 0 atom stereocenters. The Morgan fingerprint density at radius 1 is 1.14 bits per heavy atom. The van der Waals surface area contributed by atoms with E-state index in [9.17, 15) is 0 Å². The average molecular weight is 288 g/mol. The average Bonchev–Trinajstić information content (AvgIpc) is 2.43. The van der Waals surface area contributed by atoms with Crippen LogP contribution in [0.4, 0.5) is 5.82 Å². The first-order chi connectivity index (χ1) is 10.1. The fourth-order valence-electron chi connectivity index (χ4n) is 2.00. The topological polar surface area (TPSA) is 50.3 Å². The van der Waals surface area contributed by atoms with Gasteiger partial charge in [-0.3, -0.25) is 0 Å². The highest BCUT2D eigenvalue weighted by molar-refractivity contribution is 5.77. The third kappa shape index (κ3) is 4.56. The Kier molecular flexibility index (Phi) is 5.33. The zero-order valence-corrected chi connectivity index (χ0v) is 13.3. The molecule has 0 saturated heterocycles. The molecule has 1 N–H and O–H groups in total. The molecule has 1 aromatic carbocycles. The van der Waals surface area contributed by atoms with Crippen molar-refractivity contribution in [2.75, 3.05) is 32.6 Å². The summed E-state index contributed by atoms with van der Waals surface area (Å²) in [5.74, 6) is 1.30. The van der Waals surface area contributed by atoms with E-state index in [0.717, 1.165) is 24.0 Å². The molecule has 0 fully saturated rings. The fourth-order valence-corrected chi connectivity index (χ4v) is 2.00. The first-order valence-electron chi connectivity index (χ1n) is 7.37. The van der Waals surface area contributed by atoms with Gasteiger partial charge >= 0.3 is 0 Å². The lowest BCUT2D eigenvalue weighted by atomic mass is 10.3. The van der Waals surface area contributed by atoms with Gasteiger partial charge in [0.2, 0.25) is 0 Å². The highest BCUT2D eigenvalue weighted by Gasteiger charge is 2.11. The van der Waals surface area contributed by atoms with E-state index in [0.29, 0.717) is 18.3 Å². The Bertz CT molecular complexity index is 583.